The zero-order valence-corrected chi connectivity index (χ0v) is 17.6. The van der Waals surface area contributed by atoms with Gasteiger partial charge in [-0.25, -0.2) is 4.98 Å². The van der Waals surface area contributed by atoms with Crippen molar-refractivity contribution in [3.05, 3.63) is 30.1 Å². The van der Waals surface area contributed by atoms with Gasteiger partial charge in [-0.1, -0.05) is 0 Å². The number of carbonyl (C=O) groups excluding carboxylic acids is 2. The Morgan fingerprint density at radius 3 is 2.93 bits per heavy atom. The predicted octanol–water partition coefficient (Wildman–Crippen LogP) is 1.22. The molecule has 0 radical (unpaired) electrons. The van der Waals surface area contributed by atoms with Crippen LogP contribution < -0.4 is 10.6 Å². The molecule has 4 atom stereocenters. The molecule has 0 spiro atoms. The topological polar surface area (TPSA) is 99.4 Å². The van der Waals surface area contributed by atoms with Crippen LogP contribution in [0.25, 0.3) is 11.0 Å². The average Bonchev–Trinajstić information content (AvgIpc) is 3.37. The average molecular weight is 402 g/mol. The number of likely N-dealkylation sites (N-methyl/N-ethyl adjacent to an activating group) is 1. The number of pyridine rings is 1. The maximum Gasteiger partial charge on any atom is 0.248 e. The van der Waals surface area contributed by atoms with Crippen molar-refractivity contribution in [3.63, 3.8) is 0 Å². The number of rotatable bonds is 8. The van der Waals surface area contributed by atoms with Gasteiger partial charge in [0, 0.05) is 37.5 Å². The van der Waals surface area contributed by atoms with Gasteiger partial charge in [0.25, 0.3) is 0 Å². The highest BCUT2D eigenvalue weighted by Gasteiger charge is 2.37. The minimum Gasteiger partial charge on any atom is -0.379 e. The zero-order chi connectivity index (χ0) is 21.0. The molecular weight excluding hydrogens is 370 g/mol. The van der Waals surface area contributed by atoms with Crippen molar-refractivity contribution in [1.82, 2.24) is 25.5 Å². The van der Waals surface area contributed by atoms with Crippen LogP contribution in [0.4, 0.5) is 0 Å². The first-order chi connectivity index (χ1) is 14.0. The highest BCUT2D eigenvalue weighted by Crippen LogP contribution is 2.26. The van der Waals surface area contributed by atoms with Crippen LogP contribution >= 0.6 is 0 Å². The molecule has 1 saturated heterocycles. The summed E-state index contributed by atoms with van der Waals surface area (Å²) in [6.07, 6.45) is 5.96. The summed E-state index contributed by atoms with van der Waals surface area (Å²) in [5.41, 5.74) is 2.01. The van der Waals surface area contributed by atoms with E-state index in [0.29, 0.717) is 6.54 Å². The molecule has 3 N–H and O–H groups in total. The first-order valence-electron chi connectivity index (χ1n) is 10.2. The highest BCUT2D eigenvalue weighted by atomic mass is 16.5. The van der Waals surface area contributed by atoms with E-state index in [-0.39, 0.29) is 23.9 Å². The van der Waals surface area contributed by atoms with Crippen molar-refractivity contribution in [2.45, 2.75) is 57.3 Å². The van der Waals surface area contributed by atoms with E-state index in [1.807, 2.05) is 30.2 Å². The molecule has 2 aromatic rings. The van der Waals surface area contributed by atoms with E-state index >= 15 is 0 Å². The number of aromatic amines is 1. The summed E-state index contributed by atoms with van der Waals surface area (Å²) >= 11 is 0. The van der Waals surface area contributed by atoms with Crippen LogP contribution in [0.2, 0.25) is 0 Å². The number of methoxy groups -OCH3 is 1. The summed E-state index contributed by atoms with van der Waals surface area (Å²) in [5, 5.41) is 6.86. The quantitative estimate of drug-likeness (QED) is 0.618. The number of amides is 2. The number of hydrogen-bond donors (Lipinski definition) is 3. The van der Waals surface area contributed by atoms with E-state index in [2.05, 4.69) is 20.6 Å². The van der Waals surface area contributed by atoms with E-state index in [4.69, 9.17) is 4.74 Å². The lowest BCUT2D eigenvalue weighted by Crippen LogP contribution is -2.57. The van der Waals surface area contributed by atoms with E-state index in [9.17, 15) is 9.59 Å². The Labute approximate surface area is 171 Å². The van der Waals surface area contributed by atoms with Gasteiger partial charge in [0.05, 0.1) is 12.1 Å². The smallest absolute Gasteiger partial charge is 0.248 e. The Kier molecular flexibility index (Phi) is 6.87. The first-order valence-corrected chi connectivity index (χ1v) is 10.2. The lowest BCUT2D eigenvalue weighted by atomic mass is 10.0. The van der Waals surface area contributed by atoms with Gasteiger partial charge in [-0.3, -0.25) is 9.59 Å². The van der Waals surface area contributed by atoms with Crippen molar-refractivity contribution in [2.24, 2.45) is 0 Å². The van der Waals surface area contributed by atoms with Gasteiger partial charge >= 0.3 is 0 Å². The van der Waals surface area contributed by atoms with Gasteiger partial charge in [-0.2, -0.15) is 0 Å². The third kappa shape index (κ3) is 4.59. The molecule has 8 nitrogen and oxygen atoms in total. The van der Waals surface area contributed by atoms with Crippen LogP contribution in [0.1, 0.15) is 32.3 Å². The number of ether oxygens (including phenoxy) is 1. The third-order valence-electron chi connectivity index (χ3n) is 5.88. The first kappa shape index (κ1) is 21.3. The molecule has 29 heavy (non-hydrogen) atoms. The van der Waals surface area contributed by atoms with Crippen molar-refractivity contribution in [1.29, 1.82) is 0 Å². The monoisotopic (exact) mass is 401 g/mol. The Morgan fingerprint density at radius 1 is 1.41 bits per heavy atom. The van der Waals surface area contributed by atoms with E-state index in [0.717, 1.165) is 35.9 Å². The summed E-state index contributed by atoms with van der Waals surface area (Å²) in [7, 11) is 3.27. The molecule has 3 heterocycles. The fourth-order valence-corrected chi connectivity index (χ4v) is 3.88. The summed E-state index contributed by atoms with van der Waals surface area (Å²) in [6, 6.07) is 2.96. The van der Waals surface area contributed by atoms with E-state index in [1.54, 1.807) is 27.3 Å². The summed E-state index contributed by atoms with van der Waals surface area (Å²) < 4.78 is 5.41. The summed E-state index contributed by atoms with van der Waals surface area (Å²) in [6.45, 7) is 4.26. The van der Waals surface area contributed by atoms with Crippen LogP contribution in [-0.4, -0.2) is 71.6 Å². The highest BCUT2D eigenvalue weighted by molar-refractivity contribution is 5.90. The number of H-pyrrole nitrogens is 1. The van der Waals surface area contributed by atoms with Gasteiger partial charge in [-0.15, -0.1) is 0 Å². The summed E-state index contributed by atoms with van der Waals surface area (Å²) in [4.78, 5) is 35.2. The lowest BCUT2D eigenvalue weighted by Gasteiger charge is -2.32. The Morgan fingerprint density at radius 2 is 2.21 bits per heavy atom. The Hall–Kier alpha value is -2.45. The van der Waals surface area contributed by atoms with Gasteiger partial charge < -0.3 is 25.3 Å². The second-order valence-electron chi connectivity index (χ2n) is 7.68. The maximum atomic E-state index is 13.4. The van der Waals surface area contributed by atoms with Gasteiger partial charge in [0.1, 0.15) is 11.7 Å². The van der Waals surface area contributed by atoms with Crippen molar-refractivity contribution in [3.8, 4) is 0 Å². The fourth-order valence-electron chi connectivity index (χ4n) is 3.88. The Balaban J connectivity index is 1.76. The van der Waals surface area contributed by atoms with E-state index < -0.39 is 12.1 Å². The minimum absolute atomic E-state index is 0.0866. The van der Waals surface area contributed by atoms with Gasteiger partial charge in [0.15, 0.2) is 0 Å². The number of nitrogens with zero attached hydrogens (tertiary/aromatic N) is 2. The normalized spacial score (nSPS) is 19.9. The molecule has 0 saturated carbocycles. The molecule has 1 aliphatic heterocycles. The third-order valence-corrected chi connectivity index (χ3v) is 5.88. The molecule has 0 aliphatic carbocycles. The van der Waals surface area contributed by atoms with E-state index in [1.165, 1.54) is 0 Å². The molecule has 0 aromatic carbocycles. The number of nitrogens with one attached hydrogen (secondary N) is 3. The van der Waals surface area contributed by atoms with Crippen molar-refractivity contribution < 1.29 is 14.3 Å². The molecule has 2 aromatic heterocycles. The summed E-state index contributed by atoms with van der Waals surface area (Å²) in [5.74, 6) is -0.301. The van der Waals surface area contributed by atoms with Crippen LogP contribution in [0.5, 0.6) is 0 Å². The molecule has 1 unspecified atom stereocenters. The minimum atomic E-state index is -0.714. The van der Waals surface area contributed by atoms with Crippen molar-refractivity contribution >= 4 is 22.8 Å². The number of aromatic nitrogens is 2. The number of hydrogen-bond acceptors (Lipinski definition) is 5. The molecule has 3 rings (SSSR count). The van der Waals surface area contributed by atoms with Crippen molar-refractivity contribution in [2.75, 3.05) is 20.7 Å². The molecule has 158 valence electrons. The van der Waals surface area contributed by atoms with Crippen LogP contribution in [-0.2, 0) is 20.7 Å². The SMILES string of the molecule is CN[C@@H](C)C(=O)N[C@H](C(=O)N1CCC[C@@H]1Cc1c[nH]c2ncccc12)C(C)OC. The predicted molar refractivity (Wildman–Crippen MR) is 111 cm³/mol. The largest absolute Gasteiger partial charge is 0.379 e. The molecule has 1 aliphatic rings. The molecular formula is C21H31N5O3. The molecule has 2 amide bonds. The maximum absolute atomic E-state index is 13.4. The van der Waals surface area contributed by atoms with Gasteiger partial charge in [-0.05, 0) is 57.9 Å². The van der Waals surface area contributed by atoms with Crippen LogP contribution in [0.15, 0.2) is 24.5 Å². The van der Waals surface area contributed by atoms with Crippen LogP contribution in [0, 0.1) is 0 Å². The number of likely N-dealkylation sites (tertiary alicyclic amines) is 1. The zero-order valence-electron chi connectivity index (χ0n) is 17.6. The standard InChI is InChI=1S/C21H31N5O3/c1-13(22-3)20(27)25-18(14(2)29-4)21(28)26-10-6-7-16(26)11-15-12-24-19-17(15)8-5-9-23-19/h5,8-9,12-14,16,18,22H,6-7,10-11H2,1-4H3,(H,23,24)(H,25,27)/t13-,14?,16+,18-/m0/s1. The second kappa shape index (κ2) is 9.37. The van der Waals surface area contributed by atoms with Crippen LogP contribution in [0.3, 0.4) is 0 Å². The Bertz CT molecular complexity index is 852. The fraction of sp³-hybridized carbons (Fsp3) is 0.571. The second-order valence-corrected chi connectivity index (χ2v) is 7.68. The molecule has 8 heteroatoms. The lowest BCUT2D eigenvalue weighted by molar-refractivity contribution is -0.141. The number of carbonyl (C=O) groups is 2. The van der Waals surface area contributed by atoms with Gasteiger partial charge in [0.2, 0.25) is 11.8 Å². The molecule has 0 bridgehead atoms. The molecule has 1 fully saturated rings. The number of fused-ring (bicyclic) bond motifs is 1.